The van der Waals surface area contributed by atoms with E-state index < -0.39 is 0 Å². The molecular weight excluding hydrogens is 276 g/mol. The molecule has 21 heavy (non-hydrogen) atoms. The van der Waals surface area contributed by atoms with Gasteiger partial charge in [-0.15, -0.1) is 0 Å². The highest BCUT2D eigenvalue weighted by Gasteiger charge is 2.28. The average Bonchev–Trinajstić information content (AvgIpc) is 2.77. The number of amides is 1. The Kier molecular flexibility index (Phi) is 5.72. The fourth-order valence-electron chi connectivity index (χ4n) is 2.32. The van der Waals surface area contributed by atoms with Crippen LogP contribution >= 0.6 is 0 Å². The monoisotopic (exact) mass is 298 g/mol. The normalized spacial score (nSPS) is 22.2. The zero-order chi connectivity index (χ0) is 15.2. The van der Waals surface area contributed by atoms with E-state index in [0.29, 0.717) is 19.8 Å². The maximum atomic E-state index is 11.6. The van der Waals surface area contributed by atoms with E-state index in [1.165, 1.54) is 7.11 Å². The second-order valence-corrected chi connectivity index (χ2v) is 5.12. The quantitative estimate of drug-likeness (QED) is 0.833. The van der Waals surface area contributed by atoms with Crippen molar-refractivity contribution in [2.75, 3.05) is 26.9 Å². The first-order valence-electron chi connectivity index (χ1n) is 7.01. The standard InChI is InChI=1S/C14H22N2O5/c1-9-11(10(2)21-16-9)6-20-13-7-19-5-4-12(13)15-14(17)8-18-3/h12-13H,4-8H2,1-3H3,(H,15,17)/t12-,13-/m1/s1. The van der Waals surface area contributed by atoms with Crippen LogP contribution in [0.1, 0.15) is 23.4 Å². The lowest BCUT2D eigenvalue weighted by Gasteiger charge is -2.32. The van der Waals surface area contributed by atoms with Crippen LogP contribution < -0.4 is 5.32 Å². The number of aromatic nitrogens is 1. The van der Waals surface area contributed by atoms with E-state index in [4.69, 9.17) is 18.7 Å². The molecule has 0 aromatic carbocycles. The topological polar surface area (TPSA) is 82.8 Å². The molecule has 2 atom stereocenters. The van der Waals surface area contributed by atoms with E-state index in [0.717, 1.165) is 23.4 Å². The summed E-state index contributed by atoms with van der Waals surface area (Å²) in [6.07, 6.45) is 0.537. The van der Waals surface area contributed by atoms with Gasteiger partial charge in [-0.1, -0.05) is 5.16 Å². The third-order valence-corrected chi connectivity index (χ3v) is 3.55. The molecule has 2 rings (SSSR count). The minimum absolute atomic E-state index is 0.0495. The number of rotatable bonds is 6. The Labute approximate surface area is 123 Å². The van der Waals surface area contributed by atoms with Crippen molar-refractivity contribution >= 4 is 5.91 Å². The Morgan fingerprint density at radius 3 is 2.95 bits per heavy atom. The lowest BCUT2D eigenvalue weighted by atomic mass is 10.1. The number of nitrogens with one attached hydrogen (secondary N) is 1. The van der Waals surface area contributed by atoms with Crippen molar-refractivity contribution in [1.82, 2.24) is 10.5 Å². The minimum Gasteiger partial charge on any atom is -0.379 e. The van der Waals surface area contributed by atoms with Gasteiger partial charge < -0.3 is 24.1 Å². The van der Waals surface area contributed by atoms with Gasteiger partial charge in [-0.25, -0.2) is 0 Å². The first kappa shape index (κ1) is 15.9. The summed E-state index contributed by atoms with van der Waals surface area (Å²) >= 11 is 0. The number of nitrogens with zero attached hydrogens (tertiary/aromatic N) is 1. The zero-order valence-electron chi connectivity index (χ0n) is 12.7. The van der Waals surface area contributed by atoms with Gasteiger partial charge >= 0.3 is 0 Å². The highest BCUT2D eigenvalue weighted by Crippen LogP contribution is 2.18. The van der Waals surface area contributed by atoms with Crippen LogP contribution in [0.3, 0.4) is 0 Å². The summed E-state index contributed by atoms with van der Waals surface area (Å²) < 4.78 is 21.3. The van der Waals surface area contributed by atoms with Crippen LogP contribution in [0.4, 0.5) is 0 Å². The molecule has 2 heterocycles. The maximum Gasteiger partial charge on any atom is 0.246 e. The zero-order valence-corrected chi connectivity index (χ0v) is 12.7. The molecule has 1 aliphatic rings. The molecule has 0 spiro atoms. The summed E-state index contributed by atoms with van der Waals surface area (Å²) in [5, 5.41) is 6.82. The molecule has 0 unspecified atom stereocenters. The van der Waals surface area contributed by atoms with Gasteiger partial charge in [0.15, 0.2) is 0 Å². The van der Waals surface area contributed by atoms with Gasteiger partial charge in [0.25, 0.3) is 0 Å². The van der Waals surface area contributed by atoms with Crippen molar-refractivity contribution in [1.29, 1.82) is 0 Å². The van der Waals surface area contributed by atoms with Crippen LogP contribution in [-0.2, 0) is 25.6 Å². The van der Waals surface area contributed by atoms with E-state index >= 15 is 0 Å². The van der Waals surface area contributed by atoms with Crippen molar-refractivity contribution in [3.63, 3.8) is 0 Å². The molecule has 1 aliphatic heterocycles. The van der Waals surface area contributed by atoms with Gasteiger partial charge in [0.2, 0.25) is 5.91 Å². The average molecular weight is 298 g/mol. The van der Waals surface area contributed by atoms with Crippen LogP contribution in [0.2, 0.25) is 0 Å². The predicted molar refractivity (Wildman–Crippen MR) is 73.8 cm³/mol. The van der Waals surface area contributed by atoms with E-state index in [9.17, 15) is 4.79 Å². The molecule has 1 saturated heterocycles. The Balaban J connectivity index is 1.91. The largest absolute Gasteiger partial charge is 0.379 e. The molecule has 1 aromatic heterocycles. The number of carbonyl (C=O) groups excluding carboxylic acids is 1. The van der Waals surface area contributed by atoms with Crippen molar-refractivity contribution in [3.05, 3.63) is 17.0 Å². The second-order valence-electron chi connectivity index (χ2n) is 5.12. The fourth-order valence-corrected chi connectivity index (χ4v) is 2.32. The number of hydrogen-bond acceptors (Lipinski definition) is 6. The first-order valence-corrected chi connectivity index (χ1v) is 7.01. The molecule has 7 heteroatoms. The molecular formula is C14H22N2O5. The lowest BCUT2D eigenvalue weighted by Crippen LogP contribution is -2.50. The summed E-state index contributed by atoms with van der Waals surface area (Å²) in [5.41, 5.74) is 1.77. The van der Waals surface area contributed by atoms with Gasteiger partial charge in [0.05, 0.1) is 24.9 Å². The summed E-state index contributed by atoms with van der Waals surface area (Å²) in [6, 6.07) is -0.0677. The predicted octanol–water partition coefficient (Wildman–Crippen LogP) is 0.728. The maximum absolute atomic E-state index is 11.6. The van der Waals surface area contributed by atoms with E-state index in [1.807, 2.05) is 13.8 Å². The number of methoxy groups -OCH3 is 1. The Morgan fingerprint density at radius 1 is 1.48 bits per heavy atom. The van der Waals surface area contributed by atoms with Gasteiger partial charge in [0, 0.05) is 19.3 Å². The molecule has 0 aliphatic carbocycles. The van der Waals surface area contributed by atoms with Gasteiger partial charge in [0.1, 0.15) is 18.5 Å². The van der Waals surface area contributed by atoms with Crippen molar-refractivity contribution < 1.29 is 23.5 Å². The van der Waals surface area contributed by atoms with Crippen LogP contribution in [0, 0.1) is 13.8 Å². The third-order valence-electron chi connectivity index (χ3n) is 3.55. The van der Waals surface area contributed by atoms with Gasteiger partial charge in [-0.3, -0.25) is 4.79 Å². The third kappa shape index (κ3) is 4.26. The Bertz CT molecular complexity index is 454. The lowest BCUT2D eigenvalue weighted by molar-refractivity contribution is -0.130. The highest BCUT2D eigenvalue weighted by atomic mass is 16.5. The molecule has 1 N–H and O–H groups in total. The molecule has 7 nitrogen and oxygen atoms in total. The number of aryl methyl sites for hydroxylation is 2. The van der Waals surface area contributed by atoms with E-state index in [1.54, 1.807) is 0 Å². The summed E-state index contributed by atoms with van der Waals surface area (Å²) in [6.45, 7) is 5.25. The number of ether oxygens (including phenoxy) is 3. The van der Waals surface area contributed by atoms with Gasteiger partial charge in [-0.05, 0) is 20.3 Å². The molecule has 0 radical (unpaired) electrons. The molecule has 0 bridgehead atoms. The molecule has 1 aromatic rings. The van der Waals surface area contributed by atoms with Gasteiger partial charge in [-0.2, -0.15) is 0 Å². The summed E-state index contributed by atoms with van der Waals surface area (Å²) in [5.74, 6) is 0.611. The number of hydrogen-bond donors (Lipinski definition) is 1. The number of carbonyl (C=O) groups is 1. The SMILES string of the molecule is COCC(=O)N[C@@H]1CCOC[C@H]1OCc1c(C)noc1C. The van der Waals surface area contributed by atoms with Crippen molar-refractivity contribution in [2.24, 2.45) is 0 Å². The second kappa shape index (κ2) is 7.53. The van der Waals surface area contributed by atoms with Crippen molar-refractivity contribution in [2.45, 2.75) is 39.0 Å². The smallest absolute Gasteiger partial charge is 0.246 e. The molecule has 1 amide bonds. The Morgan fingerprint density at radius 2 is 2.29 bits per heavy atom. The van der Waals surface area contributed by atoms with Crippen LogP contribution in [0.15, 0.2) is 4.52 Å². The summed E-state index contributed by atoms with van der Waals surface area (Å²) in [4.78, 5) is 11.6. The molecule has 0 saturated carbocycles. The Hall–Kier alpha value is -1.44. The van der Waals surface area contributed by atoms with E-state index in [2.05, 4.69) is 10.5 Å². The molecule has 118 valence electrons. The molecule has 1 fully saturated rings. The minimum atomic E-state index is -0.187. The highest BCUT2D eigenvalue weighted by molar-refractivity contribution is 5.77. The summed E-state index contributed by atoms with van der Waals surface area (Å²) in [7, 11) is 1.50. The van der Waals surface area contributed by atoms with E-state index in [-0.39, 0.29) is 24.7 Å². The van der Waals surface area contributed by atoms with Crippen LogP contribution in [-0.4, -0.2) is 50.1 Å². The van der Waals surface area contributed by atoms with Crippen LogP contribution in [0.25, 0.3) is 0 Å². The van der Waals surface area contributed by atoms with Crippen LogP contribution in [0.5, 0.6) is 0 Å². The first-order chi connectivity index (χ1) is 10.1. The fraction of sp³-hybridized carbons (Fsp3) is 0.714. The van der Waals surface area contributed by atoms with Crippen molar-refractivity contribution in [3.8, 4) is 0 Å².